The van der Waals surface area contributed by atoms with Gasteiger partial charge in [-0.15, -0.1) is 0 Å². The van der Waals surface area contributed by atoms with Crippen LogP contribution in [-0.4, -0.2) is 9.78 Å². The zero-order chi connectivity index (χ0) is 13.0. The highest BCUT2D eigenvalue weighted by molar-refractivity contribution is 5.38. The molecule has 0 spiro atoms. The second kappa shape index (κ2) is 5.32. The van der Waals surface area contributed by atoms with Gasteiger partial charge in [0.1, 0.15) is 11.6 Å². The molecule has 2 rings (SSSR count). The molecule has 92 valence electrons. The standard InChI is InChI=1S/C13H12FN3O/c1-2-3-17-9-13(8-16-17)18-12-5-10(7-15)4-11(14)6-12/h4-6,8-9H,2-3H2,1H3. The second-order valence-electron chi connectivity index (χ2n) is 3.83. The minimum atomic E-state index is -0.495. The van der Waals surface area contributed by atoms with E-state index in [4.69, 9.17) is 10.00 Å². The predicted molar refractivity (Wildman–Crippen MR) is 63.7 cm³/mol. The van der Waals surface area contributed by atoms with E-state index in [-0.39, 0.29) is 5.56 Å². The lowest BCUT2D eigenvalue weighted by atomic mass is 10.2. The van der Waals surface area contributed by atoms with Crippen molar-refractivity contribution in [3.8, 4) is 17.6 Å². The van der Waals surface area contributed by atoms with E-state index in [1.807, 2.05) is 13.0 Å². The Kier molecular flexibility index (Phi) is 3.58. The number of hydrogen-bond acceptors (Lipinski definition) is 3. The lowest BCUT2D eigenvalue weighted by Gasteiger charge is -2.03. The first-order chi connectivity index (χ1) is 8.71. The molecule has 0 saturated carbocycles. The van der Waals surface area contributed by atoms with Gasteiger partial charge in [-0.05, 0) is 18.6 Å². The number of ether oxygens (including phenoxy) is 1. The van der Waals surface area contributed by atoms with Gasteiger partial charge in [0.2, 0.25) is 0 Å². The summed E-state index contributed by atoms with van der Waals surface area (Å²) in [5.41, 5.74) is 0.228. The van der Waals surface area contributed by atoms with Crippen LogP contribution in [0.5, 0.6) is 11.5 Å². The maximum absolute atomic E-state index is 13.2. The van der Waals surface area contributed by atoms with Crippen LogP contribution < -0.4 is 4.74 Å². The third-order valence-corrected chi connectivity index (χ3v) is 2.30. The first-order valence-electron chi connectivity index (χ1n) is 5.62. The van der Waals surface area contributed by atoms with Gasteiger partial charge >= 0.3 is 0 Å². The van der Waals surface area contributed by atoms with Crippen molar-refractivity contribution < 1.29 is 9.13 Å². The number of hydrogen-bond donors (Lipinski definition) is 0. The number of halogens is 1. The summed E-state index contributed by atoms with van der Waals surface area (Å²) in [5.74, 6) is 0.325. The van der Waals surface area contributed by atoms with Crippen molar-refractivity contribution in [2.45, 2.75) is 19.9 Å². The summed E-state index contributed by atoms with van der Waals surface area (Å²) in [6.07, 6.45) is 4.27. The quantitative estimate of drug-likeness (QED) is 0.831. The fourth-order valence-electron chi connectivity index (χ4n) is 1.57. The van der Waals surface area contributed by atoms with E-state index in [0.717, 1.165) is 19.0 Å². The number of rotatable bonds is 4. The number of nitriles is 1. The van der Waals surface area contributed by atoms with E-state index in [2.05, 4.69) is 5.10 Å². The molecule has 0 N–H and O–H groups in total. The van der Waals surface area contributed by atoms with Gasteiger partial charge in [-0.25, -0.2) is 4.39 Å². The Morgan fingerprint density at radius 1 is 1.39 bits per heavy atom. The van der Waals surface area contributed by atoms with Crippen LogP contribution in [-0.2, 0) is 6.54 Å². The molecule has 0 aliphatic rings. The van der Waals surface area contributed by atoms with Crippen LogP contribution in [0.1, 0.15) is 18.9 Å². The van der Waals surface area contributed by atoms with Crippen molar-refractivity contribution in [3.63, 3.8) is 0 Å². The molecule has 0 radical (unpaired) electrons. The molecule has 0 fully saturated rings. The molecule has 2 aromatic rings. The molecule has 0 atom stereocenters. The summed E-state index contributed by atoms with van der Waals surface area (Å²) in [6.45, 7) is 2.85. The van der Waals surface area contributed by atoms with Gasteiger partial charge in [-0.1, -0.05) is 6.92 Å². The summed E-state index contributed by atoms with van der Waals surface area (Å²) in [6, 6.07) is 5.76. The van der Waals surface area contributed by atoms with E-state index in [9.17, 15) is 4.39 Å². The molecule has 0 aliphatic heterocycles. The van der Waals surface area contributed by atoms with Crippen LogP contribution in [0.2, 0.25) is 0 Å². The van der Waals surface area contributed by atoms with Crippen LogP contribution in [0.15, 0.2) is 30.6 Å². The maximum atomic E-state index is 13.2. The summed E-state index contributed by atoms with van der Waals surface area (Å²) in [5, 5.41) is 12.8. The molecule has 0 bridgehead atoms. The van der Waals surface area contributed by atoms with Gasteiger partial charge < -0.3 is 4.74 Å². The average Bonchev–Trinajstić information content (AvgIpc) is 2.76. The van der Waals surface area contributed by atoms with Crippen molar-refractivity contribution in [1.29, 1.82) is 5.26 Å². The highest BCUT2D eigenvalue weighted by atomic mass is 19.1. The number of aromatic nitrogens is 2. The largest absolute Gasteiger partial charge is 0.454 e. The first kappa shape index (κ1) is 12.1. The Bertz CT molecular complexity index is 586. The third kappa shape index (κ3) is 2.86. The van der Waals surface area contributed by atoms with E-state index < -0.39 is 5.82 Å². The van der Waals surface area contributed by atoms with Gasteiger partial charge in [0, 0.05) is 12.6 Å². The third-order valence-electron chi connectivity index (χ3n) is 2.30. The molecule has 1 aromatic heterocycles. The zero-order valence-electron chi connectivity index (χ0n) is 9.93. The fourth-order valence-corrected chi connectivity index (χ4v) is 1.57. The Labute approximate surface area is 104 Å². The van der Waals surface area contributed by atoms with Crippen molar-refractivity contribution >= 4 is 0 Å². The Morgan fingerprint density at radius 3 is 2.94 bits per heavy atom. The normalized spacial score (nSPS) is 10.1. The van der Waals surface area contributed by atoms with Gasteiger partial charge in [-0.2, -0.15) is 10.4 Å². The molecule has 0 saturated heterocycles. The van der Waals surface area contributed by atoms with Gasteiger partial charge in [0.25, 0.3) is 0 Å². The SMILES string of the molecule is CCCn1cc(Oc2cc(F)cc(C#N)c2)cn1. The predicted octanol–water partition coefficient (Wildman–Crippen LogP) is 3.10. The van der Waals surface area contributed by atoms with Gasteiger partial charge in [-0.3, -0.25) is 4.68 Å². The smallest absolute Gasteiger partial charge is 0.165 e. The van der Waals surface area contributed by atoms with Crippen molar-refractivity contribution in [2.75, 3.05) is 0 Å². The minimum Gasteiger partial charge on any atom is -0.454 e. The van der Waals surface area contributed by atoms with Crippen LogP contribution in [0.25, 0.3) is 0 Å². The molecule has 5 heteroatoms. The first-order valence-corrected chi connectivity index (χ1v) is 5.62. The van der Waals surface area contributed by atoms with E-state index >= 15 is 0 Å². The molecular formula is C13H12FN3O. The maximum Gasteiger partial charge on any atom is 0.165 e. The van der Waals surface area contributed by atoms with Crippen LogP contribution >= 0.6 is 0 Å². The van der Waals surface area contributed by atoms with Crippen LogP contribution in [0.3, 0.4) is 0 Å². The summed E-state index contributed by atoms with van der Waals surface area (Å²) < 4.78 is 20.4. The van der Waals surface area contributed by atoms with E-state index in [1.54, 1.807) is 17.1 Å². The minimum absolute atomic E-state index is 0.228. The second-order valence-corrected chi connectivity index (χ2v) is 3.83. The van der Waals surface area contributed by atoms with Crippen molar-refractivity contribution in [1.82, 2.24) is 9.78 Å². The Morgan fingerprint density at radius 2 is 2.22 bits per heavy atom. The molecule has 1 heterocycles. The van der Waals surface area contributed by atoms with E-state index in [0.29, 0.717) is 11.5 Å². The molecular weight excluding hydrogens is 233 g/mol. The van der Waals surface area contributed by atoms with Crippen molar-refractivity contribution in [2.24, 2.45) is 0 Å². The number of aryl methyl sites for hydroxylation is 1. The lowest BCUT2D eigenvalue weighted by Crippen LogP contribution is -1.95. The topological polar surface area (TPSA) is 50.8 Å². The Hall–Kier alpha value is -2.35. The molecule has 0 unspecified atom stereocenters. The van der Waals surface area contributed by atoms with Gasteiger partial charge in [0.05, 0.1) is 24.0 Å². The molecule has 0 amide bonds. The average molecular weight is 245 g/mol. The highest BCUT2D eigenvalue weighted by Gasteiger charge is 2.04. The summed E-state index contributed by atoms with van der Waals surface area (Å²) in [7, 11) is 0. The lowest BCUT2D eigenvalue weighted by molar-refractivity contribution is 0.474. The van der Waals surface area contributed by atoms with Gasteiger partial charge in [0.15, 0.2) is 5.75 Å². The molecule has 18 heavy (non-hydrogen) atoms. The van der Waals surface area contributed by atoms with Crippen molar-refractivity contribution in [3.05, 3.63) is 42.0 Å². The molecule has 4 nitrogen and oxygen atoms in total. The zero-order valence-corrected chi connectivity index (χ0v) is 9.93. The fraction of sp³-hybridized carbons (Fsp3) is 0.231. The van der Waals surface area contributed by atoms with E-state index in [1.165, 1.54) is 12.1 Å². The number of benzene rings is 1. The highest BCUT2D eigenvalue weighted by Crippen LogP contribution is 2.23. The molecule has 1 aromatic carbocycles. The van der Waals surface area contributed by atoms with Crippen LogP contribution in [0.4, 0.5) is 4.39 Å². The monoisotopic (exact) mass is 245 g/mol. The summed E-state index contributed by atoms with van der Waals surface area (Å²) in [4.78, 5) is 0. The Balaban J connectivity index is 2.17. The molecule has 0 aliphatic carbocycles. The number of nitrogens with zero attached hydrogens (tertiary/aromatic N) is 3. The van der Waals surface area contributed by atoms with Crippen LogP contribution in [0, 0.1) is 17.1 Å². The summed E-state index contributed by atoms with van der Waals surface area (Å²) >= 11 is 0.